The molecule has 1 N–H and O–H groups in total. The van der Waals surface area contributed by atoms with Gasteiger partial charge in [-0.15, -0.1) is 0 Å². The molecule has 0 radical (unpaired) electrons. The highest BCUT2D eigenvalue weighted by Crippen LogP contribution is 2.34. The molecule has 1 aliphatic carbocycles. The van der Waals surface area contributed by atoms with Gasteiger partial charge in [-0.2, -0.15) is 16.2 Å². The van der Waals surface area contributed by atoms with Gasteiger partial charge in [-0.3, -0.25) is 10.1 Å². The summed E-state index contributed by atoms with van der Waals surface area (Å²) in [5.41, 5.74) is -0.761. The van der Waals surface area contributed by atoms with Gasteiger partial charge in [-0.05, 0) is 25.5 Å². The number of hydrogen-bond donors (Lipinski definition) is 1. The van der Waals surface area contributed by atoms with Gasteiger partial charge >= 0.3 is 5.69 Å². The average molecular weight is 288 g/mol. The van der Waals surface area contributed by atoms with Crippen LogP contribution in [0.2, 0.25) is 0 Å². The Morgan fingerprint density at radius 2 is 2.16 bits per heavy atom. The summed E-state index contributed by atoms with van der Waals surface area (Å²) >= 11 is 1.74. The van der Waals surface area contributed by atoms with E-state index >= 15 is 0 Å². The zero-order valence-electron chi connectivity index (χ0n) is 10.4. The lowest BCUT2D eigenvalue weighted by Gasteiger charge is -2.14. The highest BCUT2D eigenvalue weighted by molar-refractivity contribution is 7.99. The van der Waals surface area contributed by atoms with E-state index in [2.05, 4.69) is 5.32 Å². The first-order chi connectivity index (χ1) is 9.01. The molecule has 1 fully saturated rings. The molecule has 1 saturated carbocycles. The zero-order chi connectivity index (χ0) is 14.0. The molecule has 1 aliphatic rings. The van der Waals surface area contributed by atoms with Gasteiger partial charge < -0.3 is 5.32 Å². The Kier molecular flexibility index (Phi) is 4.24. The van der Waals surface area contributed by atoms with E-state index < -0.39 is 22.2 Å². The van der Waals surface area contributed by atoms with Gasteiger partial charge in [0, 0.05) is 23.4 Å². The molecule has 0 aliphatic heterocycles. The molecule has 1 aromatic rings. The van der Waals surface area contributed by atoms with Crippen molar-refractivity contribution in [2.75, 3.05) is 11.6 Å². The summed E-state index contributed by atoms with van der Waals surface area (Å²) in [6.07, 6.45) is 4.71. The lowest BCUT2D eigenvalue weighted by molar-refractivity contribution is -0.386. The lowest BCUT2D eigenvalue weighted by Crippen LogP contribution is -2.17. The van der Waals surface area contributed by atoms with Gasteiger partial charge in [0.25, 0.3) is 0 Å². The fraction of sp³-hybridized carbons (Fsp3) is 0.500. The molecular formula is C12H14F2N2O2S. The summed E-state index contributed by atoms with van der Waals surface area (Å²) in [4.78, 5) is 10.0. The Bertz CT molecular complexity index is 499. The topological polar surface area (TPSA) is 55.2 Å². The van der Waals surface area contributed by atoms with Gasteiger partial charge in [0.15, 0.2) is 0 Å². The minimum Gasteiger partial charge on any atom is -0.377 e. The lowest BCUT2D eigenvalue weighted by atomic mass is 10.2. The normalized spacial score (nSPS) is 22.5. The summed E-state index contributed by atoms with van der Waals surface area (Å²) in [5, 5.41) is 14.2. The number of nitro benzene ring substituents is 1. The molecule has 19 heavy (non-hydrogen) atoms. The number of rotatable bonds is 4. The number of nitro groups is 1. The maximum Gasteiger partial charge on any atom is 0.327 e. The Hall–Kier alpha value is -1.37. The summed E-state index contributed by atoms with van der Waals surface area (Å²) in [6.45, 7) is 0. The van der Waals surface area contributed by atoms with Crippen molar-refractivity contribution in [2.24, 2.45) is 0 Å². The smallest absolute Gasteiger partial charge is 0.327 e. The largest absolute Gasteiger partial charge is 0.377 e. The minimum atomic E-state index is -1.15. The molecule has 2 atom stereocenters. The number of thioether (sulfide) groups is 1. The van der Waals surface area contributed by atoms with Crippen LogP contribution in [0.25, 0.3) is 0 Å². The predicted octanol–water partition coefficient (Wildman–Crippen LogP) is 3.57. The van der Waals surface area contributed by atoms with Gasteiger partial charge in [-0.25, -0.2) is 4.39 Å². The Morgan fingerprint density at radius 3 is 2.74 bits per heavy atom. The van der Waals surface area contributed by atoms with E-state index in [9.17, 15) is 18.9 Å². The van der Waals surface area contributed by atoms with Crippen molar-refractivity contribution in [3.63, 3.8) is 0 Å². The number of halogens is 2. The fourth-order valence-corrected chi connectivity index (χ4v) is 3.16. The predicted molar refractivity (Wildman–Crippen MR) is 71.6 cm³/mol. The molecule has 0 heterocycles. The molecule has 4 nitrogen and oxygen atoms in total. The number of nitrogens with one attached hydrogen (secondary N) is 1. The molecule has 2 rings (SSSR count). The molecule has 0 saturated heterocycles. The van der Waals surface area contributed by atoms with Crippen molar-refractivity contribution < 1.29 is 13.7 Å². The molecule has 1 aromatic carbocycles. The number of nitrogens with zero attached hydrogens (tertiary/aromatic N) is 1. The highest BCUT2D eigenvalue weighted by Gasteiger charge is 2.28. The van der Waals surface area contributed by atoms with E-state index in [0.717, 1.165) is 25.3 Å². The molecular weight excluding hydrogens is 274 g/mol. The molecule has 0 spiro atoms. The second-order valence-corrected chi connectivity index (χ2v) is 5.69. The van der Waals surface area contributed by atoms with Crippen LogP contribution in [0.1, 0.15) is 19.3 Å². The van der Waals surface area contributed by atoms with Crippen LogP contribution in [-0.4, -0.2) is 22.5 Å². The van der Waals surface area contributed by atoms with E-state index in [4.69, 9.17) is 0 Å². The second-order valence-electron chi connectivity index (χ2n) is 4.55. The summed E-state index contributed by atoms with van der Waals surface area (Å²) in [6, 6.07) is 1.54. The zero-order valence-corrected chi connectivity index (χ0v) is 11.2. The summed E-state index contributed by atoms with van der Waals surface area (Å²) < 4.78 is 26.6. The highest BCUT2D eigenvalue weighted by atomic mass is 32.2. The maximum absolute atomic E-state index is 13.5. The van der Waals surface area contributed by atoms with Crippen molar-refractivity contribution in [3.05, 3.63) is 33.9 Å². The van der Waals surface area contributed by atoms with Crippen LogP contribution in [0.4, 0.5) is 20.2 Å². The van der Waals surface area contributed by atoms with Crippen LogP contribution in [0.3, 0.4) is 0 Å². The van der Waals surface area contributed by atoms with Crippen molar-refractivity contribution >= 4 is 23.1 Å². The molecule has 0 aromatic heterocycles. The van der Waals surface area contributed by atoms with Crippen LogP contribution >= 0.6 is 11.8 Å². The maximum atomic E-state index is 13.5. The number of hydrogen-bond acceptors (Lipinski definition) is 4. The quantitative estimate of drug-likeness (QED) is 0.679. The van der Waals surface area contributed by atoms with Gasteiger partial charge in [0.1, 0.15) is 11.5 Å². The third-order valence-corrected chi connectivity index (χ3v) is 4.38. The van der Waals surface area contributed by atoms with Crippen molar-refractivity contribution in [2.45, 2.75) is 30.6 Å². The molecule has 104 valence electrons. The SMILES string of the molecule is CSC1CCC(Nc2cc(F)cc(F)c2[N+](=O)[O-])C1. The fourth-order valence-electron chi connectivity index (χ4n) is 2.37. The van der Waals surface area contributed by atoms with E-state index in [1.165, 1.54) is 0 Å². The first-order valence-corrected chi connectivity index (χ1v) is 7.22. The van der Waals surface area contributed by atoms with Crippen LogP contribution < -0.4 is 5.32 Å². The van der Waals surface area contributed by atoms with E-state index in [1.54, 1.807) is 11.8 Å². The van der Waals surface area contributed by atoms with Gasteiger partial charge in [0.05, 0.1) is 4.92 Å². The van der Waals surface area contributed by atoms with Gasteiger partial charge in [-0.1, -0.05) is 0 Å². The summed E-state index contributed by atoms with van der Waals surface area (Å²) in [5.74, 6) is -1.96. The number of anilines is 1. The van der Waals surface area contributed by atoms with Crippen molar-refractivity contribution in [1.82, 2.24) is 0 Å². The molecule has 2 unspecified atom stereocenters. The molecule has 0 bridgehead atoms. The first kappa shape index (κ1) is 14.0. The van der Waals surface area contributed by atoms with Crippen molar-refractivity contribution in [3.8, 4) is 0 Å². The monoisotopic (exact) mass is 288 g/mol. The summed E-state index contributed by atoms with van der Waals surface area (Å²) in [7, 11) is 0. The van der Waals surface area contributed by atoms with E-state index in [0.29, 0.717) is 11.3 Å². The third-order valence-electron chi connectivity index (χ3n) is 3.29. The van der Waals surface area contributed by atoms with Crippen LogP contribution in [0.5, 0.6) is 0 Å². The second kappa shape index (κ2) is 5.73. The number of benzene rings is 1. The third kappa shape index (κ3) is 3.15. The van der Waals surface area contributed by atoms with E-state index in [-0.39, 0.29) is 11.7 Å². The Labute approximate surface area is 113 Å². The average Bonchev–Trinajstić information content (AvgIpc) is 2.75. The van der Waals surface area contributed by atoms with E-state index in [1.807, 2.05) is 6.26 Å². The van der Waals surface area contributed by atoms with Crippen LogP contribution in [0, 0.1) is 21.7 Å². The van der Waals surface area contributed by atoms with Crippen LogP contribution in [0.15, 0.2) is 12.1 Å². The van der Waals surface area contributed by atoms with Gasteiger partial charge in [0.2, 0.25) is 5.82 Å². The standard InChI is InChI=1S/C12H14F2N2O2S/c1-19-9-3-2-8(6-9)15-11-5-7(13)4-10(14)12(11)16(17)18/h4-5,8-9,15H,2-3,6H2,1H3. The molecule has 0 amide bonds. The minimum absolute atomic E-state index is 0.0253. The van der Waals surface area contributed by atoms with Crippen LogP contribution in [-0.2, 0) is 0 Å². The van der Waals surface area contributed by atoms with Crippen molar-refractivity contribution in [1.29, 1.82) is 0 Å². The first-order valence-electron chi connectivity index (χ1n) is 5.94. The Balaban J connectivity index is 2.22. The Morgan fingerprint density at radius 1 is 1.42 bits per heavy atom. The molecule has 7 heteroatoms.